The minimum atomic E-state index is -0.0726. The van der Waals surface area contributed by atoms with Crippen LogP contribution in [0, 0.1) is 0 Å². The molecule has 2 aromatic carbocycles. The fourth-order valence-electron chi connectivity index (χ4n) is 2.98. The van der Waals surface area contributed by atoms with E-state index in [1.807, 2.05) is 71.6 Å². The summed E-state index contributed by atoms with van der Waals surface area (Å²) in [5, 5.41) is 2.98. The lowest BCUT2D eigenvalue weighted by Crippen LogP contribution is -2.25. The maximum absolute atomic E-state index is 12.4. The molecule has 0 spiro atoms. The van der Waals surface area contributed by atoms with Crippen LogP contribution >= 0.6 is 0 Å². The summed E-state index contributed by atoms with van der Waals surface area (Å²) in [6.07, 6.45) is 4.65. The van der Waals surface area contributed by atoms with E-state index in [2.05, 4.69) is 5.32 Å². The first-order valence-corrected chi connectivity index (χ1v) is 8.70. The van der Waals surface area contributed by atoms with Gasteiger partial charge < -0.3 is 19.4 Å². The minimum Gasteiger partial charge on any atom is -0.486 e. The Morgan fingerprint density at radius 1 is 0.962 bits per heavy atom. The van der Waals surface area contributed by atoms with Crippen molar-refractivity contribution in [3.63, 3.8) is 0 Å². The van der Waals surface area contributed by atoms with Gasteiger partial charge in [-0.15, -0.1) is 0 Å². The number of benzene rings is 2. The van der Waals surface area contributed by atoms with Crippen molar-refractivity contribution in [2.24, 2.45) is 0 Å². The van der Waals surface area contributed by atoms with E-state index in [-0.39, 0.29) is 5.91 Å². The predicted octanol–water partition coefficient (Wildman–Crippen LogP) is 3.22. The van der Waals surface area contributed by atoms with Gasteiger partial charge in [-0.1, -0.05) is 12.1 Å². The molecule has 1 amide bonds. The van der Waals surface area contributed by atoms with Gasteiger partial charge in [0.25, 0.3) is 5.91 Å². The molecule has 0 unspecified atom stereocenters. The number of ether oxygens (including phenoxy) is 2. The van der Waals surface area contributed by atoms with E-state index in [0.717, 1.165) is 29.2 Å². The summed E-state index contributed by atoms with van der Waals surface area (Å²) in [5.41, 5.74) is 2.73. The minimum absolute atomic E-state index is 0.0726. The second kappa shape index (κ2) is 7.35. The Kier molecular flexibility index (Phi) is 4.60. The Morgan fingerprint density at radius 3 is 2.62 bits per heavy atom. The molecule has 0 saturated heterocycles. The largest absolute Gasteiger partial charge is 0.486 e. The molecule has 0 fully saturated rings. The smallest absolute Gasteiger partial charge is 0.251 e. The normalized spacial score (nSPS) is 12.6. The highest BCUT2D eigenvalue weighted by Crippen LogP contribution is 2.30. The van der Waals surface area contributed by atoms with Gasteiger partial charge in [-0.3, -0.25) is 4.79 Å². The number of carbonyl (C=O) groups is 1. The van der Waals surface area contributed by atoms with Crippen molar-refractivity contribution >= 4 is 5.91 Å². The fourth-order valence-corrected chi connectivity index (χ4v) is 2.98. The second-order valence-corrected chi connectivity index (χ2v) is 6.12. The van der Waals surface area contributed by atoms with Crippen molar-refractivity contribution in [3.8, 4) is 17.2 Å². The highest BCUT2D eigenvalue weighted by molar-refractivity contribution is 5.94. The van der Waals surface area contributed by atoms with Crippen LogP contribution in [-0.2, 0) is 6.42 Å². The van der Waals surface area contributed by atoms with Crippen molar-refractivity contribution in [1.82, 2.24) is 9.88 Å². The lowest BCUT2D eigenvalue weighted by atomic mass is 10.1. The summed E-state index contributed by atoms with van der Waals surface area (Å²) in [6, 6.07) is 17.4. The molecular weight excluding hydrogens is 328 g/mol. The fraction of sp³-hybridized carbons (Fsp3) is 0.190. The summed E-state index contributed by atoms with van der Waals surface area (Å²) in [5.74, 6) is 1.49. The van der Waals surface area contributed by atoms with Gasteiger partial charge in [0, 0.05) is 30.2 Å². The highest BCUT2D eigenvalue weighted by atomic mass is 16.6. The zero-order valence-corrected chi connectivity index (χ0v) is 14.4. The number of nitrogens with zero attached hydrogens (tertiary/aromatic N) is 1. The van der Waals surface area contributed by atoms with Gasteiger partial charge in [-0.2, -0.15) is 0 Å². The van der Waals surface area contributed by atoms with E-state index < -0.39 is 0 Å². The van der Waals surface area contributed by atoms with Crippen LogP contribution in [0.2, 0.25) is 0 Å². The second-order valence-electron chi connectivity index (χ2n) is 6.12. The SMILES string of the molecule is O=C(NCCc1ccc2c(c1)OCCO2)c1cccc(-n2cccc2)c1. The van der Waals surface area contributed by atoms with Crippen LogP contribution in [0.1, 0.15) is 15.9 Å². The monoisotopic (exact) mass is 348 g/mol. The Morgan fingerprint density at radius 2 is 1.77 bits per heavy atom. The van der Waals surface area contributed by atoms with Crippen LogP contribution in [0.3, 0.4) is 0 Å². The van der Waals surface area contributed by atoms with Gasteiger partial charge in [-0.25, -0.2) is 0 Å². The molecule has 0 radical (unpaired) electrons. The van der Waals surface area contributed by atoms with Gasteiger partial charge in [0.1, 0.15) is 13.2 Å². The summed E-state index contributed by atoms with van der Waals surface area (Å²) in [4.78, 5) is 12.4. The molecular formula is C21H20N2O3. The topological polar surface area (TPSA) is 52.5 Å². The molecule has 1 aromatic heterocycles. The van der Waals surface area contributed by atoms with Crippen LogP contribution in [-0.4, -0.2) is 30.2 Å². The van der Waals surface area contributed by atoms with Gasteiger partial charge in [-0.05, 0) is 54.4 Å². The summed E-state index contributed by atoms with van der Waals surface area (Å²) >= 11 is 0. The van der Waals surface area contributed by atoms with Crippen LogP contribution in [0.5, 0.6) is 11.5 Å². The van der Waals surface area contributed by atoms with E-state index in [1.54, 1.807) is 0 Å². The van der Waals surface area contributed by atoms with Gasteiger partial charge >= 0.3 is 0 Å². The molecule has 5 nitrogen and oxygen atoms in total. The van der Waals surface area contributed by atoms with E-state index in [9.17, 15) is 4.79 Å². The molecule has 5 heteroatoms. The zero-order chi connectivity index (χ0) is 17.8. The number of hydrogen-bond donors (Lipinski definition) is 1. The summed E-state index contributed by atoms with van der Waals surface area (Å²) in [7, 11) is 0. The van der Waals surface area contributed by atoms with Crippen molar-refractivity contribution < 1.29 is 14.3 Å². The maximum Gasteiger partial charge on any atom is 0.251 e. The Balaban J connectivity index is 1.36. The quantitative estimate of drug-likeness (QED) is 0.770. The van der Waals surface area contributed by atoms with E-state index in [4.69, 9.17) is 9.47 Å². The standard InChI is InChI=1S/C21H20N2O3/c24-21(17-4-3-5-18(15-17)23-10-1-2-11-23)22-9-8-16-6-7-19-20(14-16)26-13-12-25-19/h1-7,10-11,14-15H,8-9,12-13H2,(H,22,24). The van der Waals surface area contributed by atoms with E-state index in [0.29, 0.717) is 25.3 Å². The molecule has 132 valence electrons. The first-order valence-electron chi connectivity index (χ1n) is 8.70. The third-order valence-electron chi connectivity index (χ3n) is 4.32. The number of hydrogen-bond acceptors (Lipinski definition) is 3. The van der Waals surface area contributed by atoms with Gasteiger partial charge in [0.05, 0.1) is 0 Å². The number of carbonyl (C=O) groups excluding carboxylic acids is 1. The number of rotatable bonds is 5. The molecule has 0 bridgehead atoms. The number of amides is 1. The van der Waals surface area contributed by atoms with Crippen molar-refractivity contribution in [3.05, 3.63) is 78.1 Å². The average molecular weight is 348 g/mol. The van der Waals surface area contributed by atoms with Crippen LogP contribution in [0.4, 0.5) is 0 Å². The molecule has 0 atom stereocenters. The zero-order valence-electron chi connectivity index (χ0n) is 14.4. The number of fused-ring (bicyclic) bond motifs is 1. The molecule has 3 aromatic rings. The van der Waals surface area contributed by atoms with Crippen LogP contribution in [0.25, 0.3) is 5.69 Å². The lowest BCUT2D eigenvalue weighted by molar-refractivity contribution is 0.0954. The number of nitrogens with one attached hydrogen (secondary N) is 1. The Bertz CT molecular complexity index is 903. The first kappa shape index (κ1) is 16.3. The molecule has 26 heavy (non-hydrogen) atoms. The first-order chi connectivity index (χ1) is 12.8. The molecule has 1 aliphatic heterocycles. The molecule has 4 rings (SSSR count). The molecule has 1 aliphatic rings. The number of aromatic nitrogens is 1. The maximum atomic E-state index is 12.4. The third-order valence-corrected chi connectivity index (χ3v) is 4.32. The highest BCUT2D eigenvalue weighted by Gasteiger charge is 2.12. The third kappa shape index (κ3) is 3.57. The van der Waals surface area contributed by atoms with Crippen molar-refractivity contribution in [2.45, 2.75) is 6.42 Å². The van der Waals surface area contributed by atoms with Crippen molar-refractivity contribution in [2.75, 3.05) is 19.8 Å². The molecule has 0 aliphatic carbocycles. The van der Waals surface area contributed by atoms with E-state index in [1.165, 1.54) is 0 Å². The predicted molar refractivity (Wildman–Crippen MR) is 99.2 cm³/mol. The lowest BCUT2D eigenvalue weighted by Gasteiger charge is -2.18. The molecule has 2 heterocycles. The van der Waals surface area contributed by atoms with Gasteiger partial charge in [0.2, 0.25) is 0 Å². The molecule has 0 saturated carbocycles. The Hall–Kier alpha value is -3.21. The average Bonchev–Trinajstić information content (AvgIpc) is 3.23. The molecule has 1 N–H and O–H groups in total. The summed E-state index contributed by atoms with van der Waals surface area (Å²) < 4.78 is 13.1. The van der Waals surface area contributed by atoms with Crippen LogP contribution in [0.15, 0.2) is 67.0 Å². The van der Waals surface area contributed by atoms with Crippen molar-refractivity contribution in [1.29, 1.82) is 0 Å². The van der Waals surface area contributed by atoms with Crippen LogP contribution < -0.4 is 14.8 Å². The van der Waals surface area contributed by atoms with Gasteiger partial charge in [0.15, 0.2) is 11.5 Å². The van der Waals surface area contributed by atoms with E-state index >= 15 is 0 Å². The Labute approximate surface area is 152 Å². The summed E-state index contributed by atoms with van der Waals surface area (Å²) in [6.45, 7) is 1.72.